The Morgan fingerprint density at radius 1 is 1.48 bits per heavy atom. The van der Waals surface area contributed by atoms with Gasteiger partial charge in [0.15, 0.2) is 0 Å². The van der Waals surface area contributed by atoms with Gasteiger partial charge in [0.1, 0.15) is 0 Å². The maximum Gasteiger partial charge on any atom is 0.312 e. The molecule has 0 spiro atoms. The van der Waals surface area contributed by atoms with Crippen molar-refractivity contribution in [2.45, 2.75) is 58.1 Å². The van der Waals surface area contributed by atoms with Crippen LogP contribution in [-0.4, -0.2) is 47.1 Å². The zero-order valence-corrected chi connectivity index (χ0v) is 13.8. The molecule has 3 unspecified atom stereocenters. The van der Waals surface area contributed by atoms with E-state index >= 15 is 0 Å². The number of hydrogen-bond acceptors (Lipinski definition) is 5. The molecule has 0 aromatic carbocycles. The largest absolute Gasteiger partial charge is 0.481 e. The van der Waals surface area contributed by atoms with E-state index in [-0.39, 0.29) is 17.9 Å². The molecule has 1 fully saturated rings. The molecule has 0 aliphatic heterocycles. The number of carbonyl (C=O) groups excluding carboxylic acids is 1. The monoisotopic (exact) mass is 328 g/mol. The van der Waals surface area contributed by atoms with Gasteiger partial charge in [-0.2, -0.15) is 0 Å². The van der Waals surface area contributed by atoms with E-state index in [9.17, 15) is 19.8 Å². The van der Waals surface area contributed by atoms with Crippen LogP contribution in [0.1, 0.15) is 46.0 Å². The quantitative estimate of drug-likeness (QED) is 0.175. The highest BCUT2D eigenvalue weighted by Gasteiger charge is 2.52. The lowest BCUT2D eigenvalue weighted by atomic mass is 9.77. The van der Waals surface area contributed by atoms with Gasteiger partial charge in [-0.3, -0.25) is 14.6 Å². The fraction of sp³-hybridized carbons (Fsp3) is 0.800. The normalized spacial score (nSPS) is 28.7. The Balaban J connectivity index is 2.59. The van der Waals surface area contributed by atoms with Gasteiger partial charge < -0.3 is 21.0 Å². The van der Waals surface area contributed by atoms with Crippen LogP contribution in [0, 0.1) is 11.3 Å². The van der Waals surface area contributed by atoms with Crippen LogP contribution < -0.4 is 16.6 Å². The number of carbonyl (C=O) groups is 2. The molecule has 8 nitrogen and oxygen atoms in total. The minimum atomic E-state index is -1.15. The molecule has 0 heterocycles. The summed E-state index contributed by atoms with van der Waals surface area (Å²) < 4.78 is 0. The van der Waals surface area contributed by atoms with Crippen LogP contribution in [0.15, 0.2) is 4.99 Å². The van der Waals surface area contributed by atoms with E-state index < -0.39 is 17.5 Å². The number of amides is 1. The third kappa shape index (κ3) is 5.47. The van der Waals surface area contributed by atoms with Gasteiger partial charge in [-0.1, -0.05) is 6.92 Å². The average Bonchev–Trinajstić information content (AvgIpc) is 2.80. The van der Waals surface area contributed by atoms with Gasteiger partial charge in [0, 0.05) is 13.5 Å². The number of aliphatic imine (C=N–C) groups is 1. The number of hydrazine groups is 1. The molecule has 0 saturated heterocycles. The van der Waals surface area contributed by atoms with Gasteiger partial charge in [0.2, 0.25) is 5.91 Å². The standard InChI is InChI=1S/C15H28N4O4/c1-10(4-6-17-11(2)20)3-5-15(14(22)23)8-12(7-13(15)21)18-9-19-16/h9-10,12-13,21H,3-8,16H2,1-2H3,(H,17,20)(H,18,19)(H,22,23)/t10-,12?,13?,15?/m1/s1. The van der Waals surface area contributed by atoms with Crippen molar-refractivity contribution in [1.29, 1.82) is 0 Å². The number of aliphatic hydroxyl groups is 1. The number of hydrogen-bond donors (Lipinski definition) is 5. The van der Waals surface area contributed by atoms with Gasteiger partial charge >= 0.3 is 5.97 Å². The number of nitrogens with one attached hydrogen (secondary N) is 2. The number of carboxylic acid groups (broad SMARTS) is 1. The van der Waals surface area contributed by atoms with Crippen molar-refractivity contribution in [2.24, 2.45) is 22.2 Å². The molecule has 1 aliphatic carbocycles. The number of nitrogens with two attached hydrogens (primary N) is 1. The maximum absolute atomic E-state index is 11.8. The van der Waals surface area contributed by atoms with Crippen molar-refractivity contribution in [2.75, 3.05) is 6.54 Å². The Bertz CT molecular complexity index is 443. The summed E-state index contributed by atoms with van der Waals surface area (Å²) in [5, 5.41) is 22.6. The highest BCUT2D eigenvalue weighted by atomic mass is 16.4. The summed E-state index contributed by atoms with van der Waals surface area (Å²) in [6.45, 7) is 4.07. The molecule has 0 aromatic rings. The summed E-state index contributed by atoms with van der Waals surface area (Å²) in [5.41, 5.74) is 1.14. The minimum Gasteiger partial charge on any atom is -0.481 e. The highest BCUT2D eigenvalue weighted by molar-refractivity contribution is 5.76. The first-order valence-corrected chi connectivity index (χ1v) is 7.95. The summed E-state index contributed by atoms with van der Waals surface area (Å²) in [6.07, 6.45) is 2.89. The maximum atomic E-state index is 11.8. The van der Waals surface area contributed by atoms with Crippen LogP contribution in [0.2, 0.25) is 0 Å². The summed E-state index contributed by atoms with van der Waals surface area (Å²) in [7, 11) is 0. The second-order valence-corrected chi connectivity index (χ2v) is 6.43. The number of nitrogens with zero attached hydrogens (tertiary/aromatic N) is 1. The van der Waals surface area contributed by atoms with Crippen molar-refractivity contribution in [3.63, 3.8) is 0 Å². The Morgan fingerprint density at radius 3 is 2.74 bits per heavy atom. The lowest BCUT2D eigenvalue weighted by Crippen LogP contribution is -2.38. The molecule has 0 aromatic heterocycles. The molecule has 6 N–H and O–H groups in total. The molecule has 0 radical (unpaired) electrons. The molecule has 23 heavy (non-hydrogen) atoms. The van der Waals surface area contributed by atoms with E-state index in [4.69, 9.17) is 5.84 Å². The van der Waals surface area contributed by atoms with Crippen molar-refractivity contribution in [3.8, 4) is 0 Å². The molecule has 1 amide bonds. The first kappa shape index (κ1) is 19.4. The molecule has 8 heteroatoms. The number of aliphatic hydroxyl groups excluding tert-OH is 1. The third-order valence-corrected chi connectivity index (χ3v) is 4.61. The first-order chi connectivity index (χ1) is 10.8. The lowest BCUT2D eigenvalue weighted by Gasteiger charge is -2.29. The van der Waals surface area contributed by atoms with Crippen LogP contribution in [0.3, 0.4) is 0 Å². The van der Waals surface area contributed by atoms with Gasteiger partial charge in [0.05, 0.1) is 23.9 Å². The molecule has 1 saturated carbocycles. The first-order valence-electron chi connectivity index (χ1n) is 7.95. The van der Waals surface area contributed by atoms with E-state index in [1.807, 2.05) is 6.92 Å². The Hall–Kier alpha value is -1.67. The van der Waals surface area contributed by atoms with Crippen LogP contribution >= 0.6 is 0 Å². The number of aliphatic carboxylic acids is 1. The second-order valence-electron chi connectivity index (χ2n) is 6.43. The highest BCUT2D eigenvalue weighted by Crippen LogP contribution is 2.44. The van der Waals surface area contributed by atoms with E-state index in [0.29, 0.717) is 32.2 Å². The average molecular weight is 328 g/mol. The zero-order chi connectivity index (χ0) is 17.5. The van der Waals surface area contributed by atoms with Crippen LogP contribution in [-0.2, 0) is 9.59 Å². The molecular weight excluding hydrogens is 300 g/mol. The topological polar surface area (TPSA) is 137 Å². The Labute approximate surface area is 136 Å². The van der Waals surface area contributed by atoms with E-state index in [1.165, 1.54) is 13.3 Å². The van der Waals surface area contributed by atoms with Crippen molar-refractivity contribution >= 4 is 18.2 Å². The summed E-state index contributed by atoms with van der Waals surface area (Å²) >= 11 is 0. The number of carboxylic acids is 1. The third-order valence-electron chi connectivity index (χ3n) is 4.61. The van der Waals surface area contributed by atoms with Crippen LogP contribution in [0.4, 0.5) is 0 Å². The smallest absolute Gasteiger partial charge is 0.312 e. The molecule has 4 atom stereocenters. The summed E-state index contributed by atoms with van der Waals surface area (Å²) in [6, 6.07) is -0.244. The fourth-order valence-electron chi connectivity index (χ4n) is 3.13. The predicted molar refractivity (Wildman–Crippen MR) is 86.6 cm³/mol. The molecule has 1 rings (SSSR count). The number of rotatable bonds is 9. The molecule has 0 bridgehead atoms. The molecular formula is C15H28N4O4. The Kier molecular flexibility index (Phi) is 7.44. The molecule has 1 aliphatic rings. The van der Waals surface area contributed by atoms with E-state index in [1.54, 1.807) is 0 Å². The zero-order valence-electron chi connectivity index (χ0n) is 13.8. The Morgan fingerprint density at radius 2 is 2.17 bits per heavy atom. The van der Waals surface area contributed by atoms with Crippen LogP contribution in [0.25, 0.3) is 0 Å². The summed E-state index contributed by atoms with van der Waals surface area (Å²) in [4.78, 5) is 26.7. The van der Waals surface area contributed by atoms with Crippen molar-refractivity contribution in [3.05, 3.63) is 0 Å². The fourth-order valence-corrected chi connectivity index (χ4v) is 3.13. The van der Waals surface area contributed by atoms with Crippen molar-refractivity contribution in [1.82, 2.24) is 10.7 Å². The van der Waals surface area contributed by atoms with Gasteiger partial charge in [-0.15, -0.1) is 0 Å². The SMILES string of the molecule is CC(=O)NCC[C@H](C)CCC1(C(=O)O)CC(N=CNN)CC1O. The van der Waals surface area contributed by atoms with Crippen LogP contribution in [0.5, 0.6) is 0 Å². The minimum absolute atomic E-state index is 0.0698. The predicted octanol–water partition coefficient (Wildman–Crippen LogP) is 0.0148. The van der Waals surface area contributed by atoms with Gasteiger partial charge in [-0.25, -0.2) is 5.84 Å². The lowest BCUT2D eigenvalue weighted by molar-refractivity contribution is -0.155. The molecule has 132 valence electrons. The second kappa shape index (κ2) is 8.83. The van der Waals surface area contributed by atoms with Crippen molar-refractivity contribution < 1.29 is 19.8 Å². The van der Waals surface area contributed by atoms with E-state index in [2.05, 4.69) is 15.7 Å². The van der Waals surface area contributed by atoms with Gasteiger partial charge in [-0.05, 0) is 38.0 Å². The van der Waals surface area contributed by atoms with Gasteiger partial charge in [0.25, 0.3) is 0 Å². The summed E-state index contributed by atoms with van der Waals surface area (Å²) in [5.74, 6) is 4.34. The van der Waals surface area contributed by atoms with E-state index in [0.717, 1.165) is 6.42 Å².